The zero-order valence-corrected chi connectivity index (χ0v) is 27.6. The highest BCUT2D eigenvalue weighted by atomic mass is 16.6. The van der Waals surface area contributed by atoms with Gasteiger partial charge in [-0.3, -0.25) is 9.59 Å². The third-order valence-electron chi connectivity index (χ3n) is 7.61. The number of hydrogen-bond acceptors (Lipinski definition) is 7. The molecule has 0 aromatic heterocycles. The molecule has 10 nitrogen and oxygen atoms in total. The van der Waals surface area contributed by atoms with Crippen molar-refractivity contribution in [3.05, 3.63) is 102 Å². The van der Waals surface area contributed by atoms with Gasteiger partial charge in [0.15, 0.2) is 0 Å². The second-order valence-electron chi connectivity index (χ2n) is 12.5. The summed E-state index contributed by atoms with van der Waals surface area (Å²) in [6.45, 7) is 8.08. The number of nitrogens with zero attached hydrogens (tertiary/aromatic N) is 1. The number of ether oxygens (including phenoxy) is 3. The molecule has 1 saturated heterocycles. The van der Waals surface area contributed by atoms with Crippen LogP contribution in [0.2, 0.25) is 0 Å². The Morgan fingerprint density at radius 1 is 0.809 bits per heavy atom. The molecular weight excluding hydrogens is 598 g/mol. The fourth-order valence-corrected chi connectivity index (χ4v) is 5.41. The Bertz CT molecular complexity index is 1470. The van der Waals surface area contributed by atoms with Gasteiger partial charge in [0, 0.05) is 19.4 Å². The van der Waals surface area contributed by atoms with Gasteiger partial charge in [-0.2, -0.15) is 0 Å². The van der Waals surface area contributed by atoms with Crippen molar-refractivity contribution >= 4 is 23.9 Å². The van der Waals surface area contributed by atoms with Gasteiger partial charge in [-0.15, -0.1) is 0 Å². The molecule has 1 aliphatic heterocycles. The van der Waals surface area contributed by atoms with Gasteiger partial charge >= 0.3 is 12.1 Å². The molecular formula is C37H45N3O7. The summed E-state index contributed by atoms with van der Waals surface area (Å²) in [7, 11) is 0. The minimum Gasteiger partial charge on any atom is -0.494 e. The highest BCUT2D eigenvalue weighted by Crippen LogP contribution is 2.22. The molecule has 0 unspecified atom stereocenters. The molecule has 0 spiro atoms. The molecule has 3 aromatic rings. The Hall–Kier alpha value is -4.86. The molecule has 250 valence electrons. The van der Waals surface area contributed by atoms with Gasteiger partial charge < -0.3 is 29.7 Å². The first-order valence-electron chi connectivity index (χ1n) is 16.1. The van der Waals surface area contributed by atoms with E-state index in [9.17, 15) is 19.2 Å². The van der Waals surface area contributed by atoms with Crippen LogP contribution in [0.25, 0.3) is 0 Å². The van der Waals surface area contributed by atoms with E-state index in [0.29, 0.717) is 31.7 Å². The predicted octanol–water partition coefficient (Wildman–Crippen LogP) is 4.98. The third-order valence-corrected chi connectivity index (χ3v) is 7.61. The average molecular weight is 644 g/mol. The fraction of sp³-hybridized carbons (Fsp3) is 0.405. The quantitative estimate of drug-likeness (QED) is 0.252. The van der Waals surface area contributed by atoms with E-state index in [4.69, 9.17) is 14.2 Å². The summed E-state index contributed by atoms with van der Waals surface area (Å²) in [5.74, 6) is -0.738. The number of esters is 1. The van der Waals surface area contributed by atoms with Crippen molar-refractivity contribution < 1.29 is 33.4 Å². The van der Waals surface area contributed by atoms with E-state index in [0.717, 1.165) is 16.7 Å². The van der Waals surface area contributed by atoms with E-state index in [1.165, 1.54) is 4.90 Å². The number of hydrogen-bond donors (Lipinski definition) is 2. The normalized spacial score (nSPS) is 15.7. The van der Waals surface area contributed by atoms with Crippen molar-refractivity contribution in [1.29, 1.82) is 0 Å². The predicted molar refractivity (Wildman–Crippen MR) is 178 cm³/mol. The number of carbonyl (C=O) groups excluding carboxylic acids is 4. The lowest BCUT2D eigenvalue weighted by atomic mass is 10.0. The van der Waals surface area contributed by atoms with Crippen LogP contribution in [0.1, 0.15) is 57.2 Å². The molecule has 3 aromatic carbocycles. The second kappa shape index (κ2) is 16.6. The van der Waals surface area contributed by atoms with E-state index in [1.54, 1.807) is 32.9 Å². The molecule has 3 amide bonds. The number of rotatable bonds is 13. The van der Waals surface area contributed by atoms with Gasteiger partial charge in [-0.1, -0.05) is 72.8 Å². The van der Waals surface area contributed by atoms with Crippen LogP contribution in [0.3, 0.4) is 0 Å². The maximum Gasteiger partial charge on any atom is 0.408 e. The summed E-state index contributed by atoms with van der Waals surface area (Å²) in [6.07, 6.45) is 0.669. The number of alkyl carbamates (subject to hydrolysis) is 1. The molecule has 0 bridgehead atoms. The molecule has 2 N–H and O–H groups in total. The standard InChI is InChI=1S/C37H45N3O7/c1-5-45-29-20-18-27(19-21-29)23-30(39-36(44)47-37(2,3)4)33(41)38-31(24-26-13-8-6-9-14-26)34(42)40-22-12-17-32(40)35(43)46-25-28-15-10-7-11-16-28/h6-11,13-16,18-21,30-32H,5,12,17,22-25H2,1-4H3,(H,38,41)(H,39,44)/t30-,31+,32-/m1/s1. The summed E-state index contributed by atoms with van der Waals surface area (Å²) < 4.78 is 16.6. The molecule has 4 rings (SSSR count). The molecule has 10 heteroatoms. The van der Waals surface area contributed by atoms with Crippen LogP contribution in [0.15, 0.2) is 84.9 Å². The van der Waals surface area contributed by atoms with Gasteiger partial charge in [0.1, 0.15) is 36.1 Å². The minimum atomic E-state index is -1.06. The highest BCUT2D eigenvalue weighted by molar-refractivity contribution is 5.93. The summed E-state index contributed by atoms with van der Waals surface area (Å²) >= 11 is 0. The third kappa shape index (κ3) is 10.9. The largest absolute Gasteiger partial charge is 0.494 e. The number of benzene rings is 3. The van der Waals surface area contributed by atoms with Gasteiger partial charge in [0.2, 0.25) is 11.8 Å². The first kappa shape index (κ1) is 35.0. The van der Waals surface area contributed by atoms with Crippen LogP contribution in [-0.4, -0.2) is 65.7 Å². The lowest BCUT2D eigenvalue weighted by Crippen LogP contribution is -2.57. The summed E-state index contributed by atoms with van der Waals surface area (Å²) in [6, 6.07) is 23.1. The second-order valence-corrected chi connectivity index (χ2v) is 12.5. The summed E-state index contributed by atoms with van der Waals surface area (Å²) in [4.78, 5) is 55.6. The van der Waals surface area contributed by atoms with Crippen LogP contribution >= 0.6 is 0 Å². The maximum absolute atomic E-state index is 14.1. The van der Waals surface area contributed by atoms with Crippen molar-refractivity contribution in [2.24, 2.45) is 0 Å². The van der Waals surface area contributed by atoms with Gasteiger partial charge in [0.05, 0.1) is 6.61 Å². The summed E-state index contributed by atoms with van der Waals surface area (Å²) in [5.41, 5.74) is 1.67. The van der Waals surface area contributed by atoms with Crippen LogP contribution < -0.4 is 15.4 Å². The van der Waals surface area contributed by atoms with Crippen LogP contribution in [0.4, 0.5) is 4.79 Å². The topological polar surface area (TPSA) is 123 Å². The fourth-order valence-electron chi connectivity index (χ4n) is 5.41. The van der Waals surface area contributed by atoms with E-state index in [1.807, 2.05) is 79.7 Å². The van der Waals surface area contributed by atoms with Crippen molar-refractivity contribution in [1.82, 2.24) is 15.5 Å². The lowest BCUT2D eigenvalue weighted by Gasteiger charge is -2.30. The Morgan fingerprint density at radius 2 is 1.40 bits per heavy atom. The molecule has 1 aliphatic rings. The van der Waals surface area contributed by atoms with Gasteiger partial charge in [-0.05, 0) is 69.4 Å². The Labute approximate surface area is 276 Å². The molecule has 1 heterocycles. The number of carbonyl (C=O) groups is 4. The Balaban J connectivity index is 1.54. The van der Waals surface area contributed by atoms with Crippen molar-refractivity contribution in [3.63, 3.8) is 0 Å². The first-order valence-corrected chi connectivity index (χ1v) is 16.1. The highest BCUT2D eigenvalue weighted by Gasteiger charge is 2.39. The van der Waals surface area contributed by atoms with Crippen molar-refractivity contribution in [2.45, 2.75) is 83.7 Å². The molecule has 0 radical (unpaired) electrons. The van der Waals surface area contributed by atoms with Crippen LogP contribution in [-0.2, 0) is 43.3 Å². The van der Waals surface area contributed by atoms with Gasteiger partial charge in [-0.25, -0.2) is 9.59 Å². The molecule has 47 heavy (non-hydrogen) atoms. The molecule has 1 fully saturated rings. The van der Waals surface area contributed by atoms with Crippen molar-refractivity contribution in [3.8, 4) is 5.75 Å². The van der Waals surface area contributed by atoms with Crippen LogP contribution in [0.5, 0.6) is 5.75 Å². The minimum absolute atomic E-state index is 0.103. The Kier molecular flexibility index (Phi) is 12.4. The first-order chi connectivity index (χ1) is 22.5. The zero-order chi connectivity index (χ0) is 33.8. The molecule has 0 saturated carbocycles. The van der Waals surface area contributed by atoms with E-state index < -0.39 is 47.6 Å². The van der Waals surface area contributed by atoms with Gasteiger partial charge in [0.25, 0.3) is 0 Å². The maximum atomic E-state index is 14.1. The lowest BCUT2D eigenvalue weighted by molar-refractivity contribution is -0.155. The monoisotopic (exact) mass is 643 g/mol. The van der Waals surface area contributed by atoms with Crippen LogP contribution in [0, 0.1) is 0 Å². The number of nitrogens with one attached hydrogen (secondary N) is 2. The molecule has 3 atom stereocenters. The SMILES string of the molecule is CCOc1ccc(C[C@@H](NC(=O)OC(C)(C)C)C(=O)N[C@@H](Cc2ccccc2)C(=O)N2CCC[C@@H]2C(=O)OCc2ccccc2)cc1. The average Bonchev–Trinajstić information content (AvgIpc) is 3.54. The number of likely N-dealkylation sites (tertiary alicyclic amines) is 1. The van der Waals surface area contributed by atoms with E-state index >= 15 is 0 Å². The molecule has 0 aliphatic carbocycles. The Morgan fingerprint density at radius 3 is 2.02 bits per heavy atom. The van der Waals surface area contributed by atoms with Crippen molar-refractivity contribution in [2.75, 3.05) is 13.2 Å². The number of amides is 3. The smallest absolute Gasteiger partial charge is 0.408 e. The zero-order valence-electron chi connectivity index (χ0n) is 27.6. The van der Waals surface area contributed by atoms with E-state index in [2.05, 4.69) is 10.6 Å². The van der Waals surface area contributed by atoms with E-state index in [-0.39, 0.29) is 19.4 Å². The summed E-state index contributed by atoms with van der Waals surface area (Å²) in [5, 5.41) is 5.60.